The number of nitrogen functional groups attached to an aromatic ring is 1. The van der Waals surface area contributed by atoms with Crippen molar-refractivity contribution in [3.63, 3.8) is 0 Å². The van der Waals surface area contributed by atoms with E-state index < -0.39 is 0 Å². The first-order valence-corrected chi connectivity index (χ1v) is 6.32. The molecular formula is C14H20N2O2. The molecule has 0 aromatic heterocycles. The van der Waals surface area contributed by atoms with Gasteiger partial charge in [-0.1, -0.05) is 6.92 Å². The molecule has 1 aromatic rings. The molecule has 0 radical (unpaired) electrons. The number of benzene rings is 1. The predicted molar refractivity (Wildman–Crippen MR) is 71.7 cm³/mol. The third-order valence-electron chi connectivity index (χ3n) is 3.80. The Kier molecular flexibility index (Phi) is 3.45. The topological polar surface area (TPSA) is 64.4 Å². The second-order valence-electron chi connectivity index (χ2n) is 5.00. The second-order valence-corrected chi connectivity index (χ2v) is 5.00. The van der Waals surface area contributed by atoms with Crippen molar-refractivity contribution in [1.29, 1.82) is 0 Å². The van der Waals surface area contributed by atoms with Gasteiger partial charge >= 0.3 is 0 Å². The molecule has 98 valence electrons. The van der Waals surface area contributed by atoms with Crippen LogP contribution in [0, 0.1) is 5.41 Å². The van der Waals surface area contributed by atoms with Gasteiger partial charge in [-0.2, -0.15) is 0 Å². The smallest absolute Gasteiger partial charge is 0.255 e. The minimum absolute atomic E-state index is 0.112. The summed E-state index contributed by atoms with van der Waals surface area (Å²) in [5.74, 6) is 0.446. The summed E-state index contributed by atoms with van der Waals surface area (Å²) < 4.78 is 5.18. The standard InChI is InChI=1S/C14H20N2O2/c1-3-14(6-7-14)9-16-13(17)11-8-10(15)4-5-12(11)18-2/h4-5,8H,3,6-7,9,15H2,1-2H3,(H,16,17). The molecule has 0 heterocycles. The van der Waals surface area contributed by atoms with Gasteiger partial charge in [0.15, 0.2) is 0 Å². The maximum absolute atomic E-state index is 12.1. The molecule has 2 rings (SSSR count). The van der Waals surface area contributed by atoms with Gasteiger partial charge in [0.25, 0.3) is 5.91 Å². The summed E-state index contributed by atoms with van der Waals surface area (Å²) in [6, 6.07) is 5.10. The number of carbonyl (C=O) groups excluding carboxylic acids is 1. The fourth-order valence-corrected chi connectivity index (χ4v) is 2.10. The van der Waals surface area contributed by atoms with E-state index in [4.69, 9.17) is 10.5 Å². The molecule has 1 fully saturated rings. The van der Waals surface area contributed by atoms with E-state index in [0.29, 0.717) is 22.4 Å². The number of hydrogen-bond acceptors (Lipinski definition) is 3. The zero-order valence-corrected chi connectivity index (χ0v) is 11.0. The minimum Gasteiger partial charge on any atom is -0.496 e. The monoisotopic (exact) mass is 248 g/mol. The summed E-state index contributed by atoms with van der Waals surface area (Å²) >= 11 is 0. The van der Waals surface area contributed by atoms with Crippen LogP contribution in [0.25, 0.3) is 0 Å². The lowest BCUT2D eigenvalue weighted by atomic mass is 10.0. The fraction of sp³-hybridized carbons (Fsp3) is 0.500. The summed E-state index contributed by atoms with van der Waals surface area (Å²) in [7, 11) is 1.55. The van der Waals surface area contributed by atoms with Crippen molar-refractivity contribution in [2.45, 2.75) is 26.2 Å². The van der Waals surface area contributed by atoms with Crippen molar-refractivity contribution in [3.8, 4) is 5.75 Å². The highest BCUT2D eigenvalue weighted by Crippen LogP contribution is 2.47. The van der Waals surface area contributed by atoms with Crippen molar-refractivity contribution in [1.82, 2.24) is 5.32 Å². The van der Waals surface area contributed by atoms with Crippen LogP contribution in [-0.2, 0) is 0 Å². The molecule has 1 amide bonds. The number of amides is 1. The third kappa shape index (κ3) is 2.58. The van der Waals surface area contributed by atoms with E-state index in [0.717, 1.165) is 13.0 Å². The van der Waals surface area contributed by atoms with E-state index in [1.54, 1.807) is 25.3 Å². The van der Waals surface area contributed by atoms with Crippen LogP contribution in [0.5, 0.6) is 5.75 Å². The summed E-state index contributed by atoms with van der Waals surface area (Å²) in [5.41, 5.74) is 7.11. The maximum Gasteiger partial charge on any atom is 0.255 e. The normalized spacial score (nSPS) is 16.1. The third-order valence-corrected chi connectivity index (χ3v) is 3.80. The van der Waals surface area contributed by atoms with Gasteiger partial charge in [-0.05, 0) is 42.9 Å². The van der Waals surface area contributed by atoms with Crippen LogP contribution in [0.15, 0.2) is 18.2 Å². The van der Waals surface area contributed by atoms with Gasteiger partial charge in [0.05, 0.1) is 12.7 Å². The van der Waals surface area contributed by atoms with E-state index in [1.807, 2.05) is 0 Å². The van der Waals surface area contributed by atoms with E-state index in [-0.39, 0.29) is 5.91 Å². The van der Waals surface area contributed by atoms with Gasteiger partial charge < -0.3 is 15.8 Å². The number of carbonyl (C=O) groups is 1. The molecule has 4 nitrogen and oxygen atoms in total. The maximum atomic E-state index is 12.1. The summed E-state index contributed by atoms with van der Waals surface area (Å²) in [4.78, 5) is 12.1. The van der Waals surface area contributed by atoms with Gasteiger partial charge in [-0.25, -0.2) is 0 Å². The van der Waals surface area contributed by atoms with Gasteiger partial charge in [-0.3, -0.25) is 4.79 Å². The van der Waals surface area contributed by atoms with Crippen molar-refractivity contribution < 1.29 is 9.53 Å². The van der Waals surface area contributed by atoms with E-state index >= 15 is 0 Å². The summed E-state index contributed by atoms with van der Waals surface area (Å²) in [6.45, 7) is 2.90. The Morgan fingerprint density at radius 2 is 2.22 bits per heavy atom. The molecule has 3 N–H and O–H groups in total. The Balaban J connectivity index is 2.06. The zero-order valence-electron chi connectivity index (χ0n) is 11.0. The highest BCUT2D eigenvalue weighted by molar-refractivity contribution is 5.97. The van der Waals surface area contributed by atoms with Crippen LogP contribution in [0.2, 0.25) is 0 Å². The Morgan fingerprint density at radius 1 is 1.50 bits per heavy atom. The first kappa shape index (κ1) is 12.7. The molecule has 0 unspecified atom stereocenters. The Morgan fingerprint density at radius 3 is 2.78 bits per heavy atom. The quantitative estimate of drug-likeness (QED) is 0.785. The number of methoxy groups -OCH3 is 1. The Labute approximate surface area is 108 Å². The number of rotatable bonds is 5. The molecule has 1 aromatic carbocycles. The molecule has 0 bridgehead atoms. The number of nitrogens with two attached hydrogens (primary N) is 1. The number of hydrogen-bond donors (Lipinski definition) is 2. The lowest BCUT2D eigenvalue weighted by Gasteiger charge is -2.15. The second kappa shape index (κ2) is 4.88. The van der Waals surface area contributed by atoms with Crippen LogP contribution in [-0.4, -0.2) is 19.6 Å². The van der Waals surface area contributed by atoms with Crippen molar-refractivity contribution in [2.24, 2.45) is 5.41 Å². The lowest BCUT2D eigenvalue weighted by molar-refractivity contribution is 0.0941. The zero-order chi connectivity index (χ0) is 13.2. The molecule has 1 aliphatic rings. The minimum atomic E-state index is -0.112. The van der Waals surface area contributed by atoms with Gasteiger partial charge in [0.2, 0.25) is 0 Å². The van der Waals surface area contributed by atoms with Crippen molar-refractivity contribution >= 4 is 11.6 Å². The van der Waals surface area contributed by atoms with Crippen LogP contribution in [0.4, 0.5) is 5.69 Å². The largest absolute Gasteiger partial charge is 0.496 e. The molecular weight excluding hydrogens is 228 g/mol. The van der Waals surface area contributed by atoms with E-state index in [1.165, 1.54) is 12.8 Å². The average Bonchev–Trinajstić information content (AvgIpc) is 3.16. The van der Waals surface area contributed by atoms with Gasteiger partial charge in [0, 0.05) is 12.2 Å². The van der Waals surface area contributed by atoms with Crippen LogP contribution < -0.4 is 15.8 Å². The molecule has 0 spiro atoms. The van der Waals surface area contributed by atoms with E-state index in [9.17, 15) is 4.79 Å². The molecule has 1 saturated carbocycles. The van der Waals surface area contributed by atoms with Gasteiger partial charge in [0.1, 0.15) is 5.75 Å². The van der Waals surface area contributed by atoms with Crippen LogP contribution >= 0.6 is 0 Å². The number of ether oxygens (including phenoxy) is 1. The highest BCUT2D eigenvalue weighted by atomic mass is 16.5. The molecule has 0 atom stereocenters. The molecule has 1 aliphatic carbocycles. The van der Waals surface area contributed by atoms with Gasteiger partial charge in [-0.15, -0.1) is 0 Å². The fourth-order valence-electron chi connectivity index (χ4n) is 2.10. The predicted octanol–water partition coefficient (Wildman–Crippen LogP) is 2.20. The van der Waals surface area contributed by atoms with Crippen LogP contribution in [0.3, 0.4) is 0 Å². The summed E-state index contributed by atoms with van der Waals surface area (Å²) in [5, 5.41) is 2.98. The Hall–Kier alpha value is -1.71. The first-order valence-electron chi connectivity index (χ1n) is 6.32. The van der Waals surface area contributed by atoms with Crippen molar-refractivity contribution in [3.05, 3.63) is 23.8 Å². The van der Waals surface area contributed by atoms with Crippen LogP contribution in [0.1, 0.15) is 36.5 Å². The van der Waals surface area contributed by atoms with Crippen molar-refractivity contribution in [2.75, 3.05) is 19.4 Å². The Bertz CT molecular complexity index is 453. The number of nitrogens with one attached hydrogen (secondary N) is 1. The molecule has 4 heteroatoms. The average molecular weight is 248 g/mol. The number of anilines is 1. The SMILES string of the molecule is CCC1(CNC(=O)c2cc(N)ccc2OC)CC1. The van der Waals surface area contributed by atoms with E-state index in [2.05, 4.69) is 12.2 Å². The first-order chi connectivity index (χ1) is 8.60. The summed E-state index contributed by atoms with van der Waals surface area (Å²) in [6.07, 6.45) is 3.52. The lowest BCUT2D eigenvalue weighted by Crippen LogP contribution is -2.30. The molecule has 0 saturated heterocycles. The molecule has 0 aliphatic heterocycles. The molecule has 18 heavy (non-hydrogen) atoms. The highest BCUT2D eigenvalue weighted by Gasteiger charge is 2.40.